The van der Waals surface area contributed by atoms with Crippen LogP contribution in [0.15, 0.2) is 71.0 Å². The molecule has 2 aliphatic rings. The third-order valence-corrected chi connectivity index (χ3v) is 6.62. The van der Waals surface area contributed by atoms with Gasteiger partial charge in [0.25, 0.3) is 0 Å². The number of aromatic nitrogens is 3. The first-order valence-corrected chi connectivity index (χ1v) is 11.3. The molecule has 2 aromatic carbocycles. The van der Waals surface area contributed by atoms with Crippen molar-refractivity contribution in [1.82, 2.24) is 14.8 Å². The maximum absolute atomic E-state index is 13.6. The zero-order chi connectivity index (χ0) is 21.6. The van der Waals surface area contributed by atoms with E-state index in [1.54, 1.807) is 28.6 Å². The highest BCUT2D eigenvalue weighted by Crippen LogP contribution is 2.45. The Labute approximate surface area is 184 Å². The second-order valence-corrected chi connectivity index (χ2v) is 9.79. The van der Waals surface area contributed by atoms with Gasteiger partial charge in [-0.15, -0.1) is 5.10 Å². The van der Waals surface area contributed by atoms with Crippen molar-refractivity contribution >= 4 is 23.5 Å². The average Bonchev–Trinajstić information content (AvgIpc) is 3.14. The molecule has 158 valence electrons. The SMILES string of the molecule is CC1(C)CC(=O)C2=C(C1)Nc1nc(SCc3ccccc3)nn1C2c1ccc(F)cc1. The van der Waals surface area contributed by atoms with Gasteiger partial charge in [-0.2, -0.15) is 4.98 Å². The minimum absolute atomic E-state index is 0.104. The van der Waals surface area contributed by atoms with Crippen LogP contribution >= 0.6 is 11.8 Å². The normalized spacial score (nSPS) is 19.6. The van der Waals surface area contributed by atoms with Gasteiger partial charge in [0.2, 0.25) is 11.1 Å². The predicted molar refractivity (Wildman–Crippen MR) is 119 cm³/mol. The summed E-state index contributed by atoms with van der Waals surface area (Å²) in [5.41, 5.74) is 3.51. The molecule has 31 heavy (non-hydrogen) atoms. The number of hydrogen-bond acceptors (Lipinski definition) is 5. The molecule has 1 unspecified atom stereocenters. The molecule has 1 N–H and O–H groups in total. The van der Waals surface area contributed by atoms with Gasteiger partial charge in [0.05, 0.1) is 0 Å². The number of Topliss-reactive ketones (excluding diaryl/α,β-unsaturated/α-hetero) is 1. The number of fused-ring (bicyclic) bond motifs is 1. The predicted octanol–water partition coefficient (Wildman–Crippen LogP) is 5.37. The summed E-state index contributed by atoms with van der Waals surface area (Å²) in [6, 6.07) is 16.1. The van der Waals surface area contributed by atoms with Crippen LogP contribution in [0.25, 0.3) is 0 Å². The maximum atomic E-state index is 13.6. The van der Waals surface area contributed by atoms with Gasteiger partial charge in [-0.3, -0.25) is 4.79 Å². The number of ketones is 1. The fraction of sp³-hybridized carbons (Fsp3) is 0.292. The summed E-state index contributed by atoms with van der Waals surface area (Å²) in [6.45, 7) is 4.20. The lowest BCUT2D eigenvalue weighted by molar-refractivity contribution is -0.118. The minimum atomic E-state index is -0.408. The van der Waals surface area contributed by atoms with E-state index in [0.29, 0.717) is 23.1 Å². The van der Waals surface area contributed by atoms with E-state index in [1.165, 1.54) is 17.7 Å². The molecular formula is C24H23FN4OS. The van der Waals surface area contributed by atoms with Gasteiger partial charge in [-0.25, -0.2) is 9.07 Å². The quantitative estimate of drug-likeness (QED) is 0.560. The summed E-state index contributed by atoms with van der Waals surface area (Å²) >= 11 is 1.55. The van der Waals surface area contributed by atoms with E-state index < -0.39 is 6.04 Å². The molecular weight excluding hydrogens is 411 g/mol. The summed E-state index contributed by atoms with van der Waals surface area (Å²) in [5.74, 6) is 1.17. The Bertz CT molecular complexity index is 1170. The largest absolute Gasteiger partial charge is 0.328 e. The standard InChI is InChI=1S/C24H23FN4OS/c1-24(2)12-18-20(19(30)13-24)21(16-8-10-17(25)11-9-16)29-22(26-18)27-23(28-29)31-14-15-6-4-3-5-7-15/h3-11,21H,12-14H2,1-2H3,(H,26,27,28). The van der Waals surface area contributed by atoms with Gasteiger partial charge in [-0.1, -0.05) is 68.1 Å². The highest BCUT2D eigenvalue weighted by atomic mass is 32.2. The number of carbonyl (C=O) groups excluding carboxylic acids is 1. The molecule has 5 rings (SSSR count). The van der Waals surface area contributed by atoms with Crippen LogP contribution in [0.1, 0.15) is 43.9 Å². The van der Waals surface area contributed by atoms with E-state index >= 15 is 0 Å². The van der Waals surface area contributed by atoms with Crippen LogP contribution in [-0.2, 0) is 10.5 Å². The number of carbonyl (C=O) groups is 1. The van der Waals surface area contributed by atoms with Crippen molar-refractivity contribution < 1.29 is 9.18 Å². The Balaban J connectivity index is 1.54. The van der Waals surface area contributed by atoms with Gasteiger partial charge in [-0.05, 0) is 35.1 Å². The number of anilines is 1. The minimum Gasteiger partial charge on any atom is -0.328 e. The van der Waals surface area contributed by atoms with E-state index in [1.807, 2.05) is 18.2 Å². The van der Waals surface area contributed by atoms with Crippen LogP contribution in [-0.4, -0.2) is 20.5 Å². The number of hydrogen-bond donors (Lipinski definition) is 1. The molecule has 0 spiro atoms. The highest BCUT2D eigenvalue weighted by Gasteiger charge is 2.41. The van der Waals surface area contributed by atoms with Gasteiger partial charge < -0.3 is 5.32 Å². The Morgan fingerprint density at radius 2 is 1.87 bits per heavy atom. The Kier molecular flexibility index (Phi) is 4.93. The number of allylic oxidation sites excluding steroid dienone is 2. The molecule has 1 atom stereocenters. The fourth-order valence-corrected chi connectivity index (χ4v) is 5.11. The van der Waals surface area contributed by atoms with Crippen LogP contribution in [0.3, 0.4) is 0 Å². The fourth-order valence-electron chi connectivity index (χ4n) is 4.33. The van der Waals surface area contributed by atoms with Crippen molar-refractivity contribution in [3.8, 4) is 0 Å². The first-order valence-electron chi connectivity index (χ1n) is 10.3. The Hall–Kier alpha value is -2.93. The van der Waals surface area contributed by atoms with Crippen molar-refractivity contribution in [3.05, 3.63) is 82.8 Å². The molecule has 0 fully saturated rings. The summed E-state index contributed by atoms with van der Waals surface area (Å²) in [5, 5.41) is 8.75. The molecule has 0 amide bonds. The van der Waals surface area contributed by atoms with E-state index in [4.69, 9.17) is 10.1 Å². The summed E-state index contributed by atoms with van der Waals surface area (Å²) in [7, 11) is 0. The molecule has 1 aliphatic heterocycles. The number of nitrogens with one attached hydrogen (secondary N) is 1. The zero-order valence-electron chi connectivity index (χ0n) is 17.4. The number of thioether (sulfide) groups is 1. The van der Waals surface area contributed by atoms with Crippen LogP contribution in [0, 0.1) is 11.2 Å². The maximum Gasteiger partial charge on any atom is 0.227 e. The lowest BCUT2D eigenvalue weighted by atomic mass is 9.73. The monoisotopic (exact) mass is 434 g/mol. The lowest BCUT2D eigenvalue weighted by Crippen LogP contribution is -2.36. The first-order chi connectivity index (χ1) is 14.9. The van der Waals surface area contributed by atoms with Crippen molar-refractivity contribution in [3.63, 3.8) is 0 Å². The second kappa shape index (κ2) is 7.64. The summed E-state index contributed by atoms with van der Waals surface area (Å²) in [4.78, 5) is 17.9. The van der Waals surface area contributed by atoms with E-state index in [-0.39, 0.29) is 17.0 Å². The molecule has 2 heterocycles. The van der Waals surface area contributed by atoms with Crippen LogP contribution in [0.5, 0.6) is 0 Å². The van der Waals surface area contributed by atoms with Crippen LogP contribution in [0.4, 0.5) is 10.3 Å². The molecule has 0 saturated carbocycles. The van der Waals surface area contributed by atoms with Crippen molar-refractivity contribution in [2.45, 2.75) is 43.6 Å². The molecule has 7 heteroatoms. The summed E-state index contributed by atoms with van der Waals surface area (Å²) < 4.78 is 15.4. The van der Waals surface area contributed by atoms with Gasteiger partial charge in [0.15, 0.2) is 5.78 Å². The smallest absolute Gasteiger partial charge is 0.227 e. The zero-order valence-corrected chi connectivity index (χ0v) is 18.2. The van der Waals surface area contributed by atoms with Crippen molar-refractivity contribution in [2.24, 2.45) is 5.41 Å². The van der Waals surface area contributed by atoms with E-state index in [2.05, 4.69) is 31.3 Å². The number of benzene rings is 2. The number of halogens is 1. The van der Waals surface area contributed by atoms with Gasteiger partial charge >= 0.3 is 0 Å². The first kappa shape index (κ1) is 20.0. The Morgan fingerprint density at radius 1 is 1.13 bits per heavy atom. The lowest BCUT2D eigenvalue weighted by Gasteiger charge is -2.38. The topological polar surface area (TPSA) is 59.8 Å². The van der Waals surface area contributed by atoms with Crippen molar-refractivity contribution in [2.75, 3.05) is 5.32 Å². The molecule has 3 aromatic rings. The summed E-state index contributed by atoms with van der Waals surface area (Å²) in [6.07, 6.45) is 1.23. The molecule has 1 aliphatic carbocycles. The molecule has 1 aromatic heterocycles. The molecule has 0 radical (unpaired) electrons. The van der Waals surface area contributed by atoms with Gasteiger partial charge in [0, 0.05) is 23.4 Å². The number of rotatable bonds is 4. The average molecular weight is 435 g/mol. The number of nitrogens with zero attached hydrogens (tertiary/aromatic N) is 3. The third kappa shape index (κ3) is 3.90. The Morgan fingerprint density at radius 3 is 2.61 bits per heavy atom. The van der Waals surface area contributed by atoms with E-state index in [9.17, 15) is 9.18 Å². The van der Waals surface area contributed by atoms with Crippen molar-refractivity contribution in [1.29, 1.82) is 0 Å². The molecule has 0 bridgehead atoms. The second-order valence-electron chi connectivity index (χ2n) is 8.85. The highest BCUT2D eigenvalue weighted by molar-refractivity contribution is 7.98. The van der Waals surface area contributed by atoms with Crippen LogP contribution in [0.2, 0.25) is 0 Å². The molecule has 0 saturated heterocycles. The van der Waals surface area contributed by atoms with Gasteiger partial charge in [0.1, 0.15) is 11.9 Å². The molecule has 5 nitrogen and oxygen atoms in total. The van der Waals surface area contributed by atoms with Crippen LogP contribution < -0.4 is 5.32 Å². The van der Waals surface area contributed by atoms with E-state index in [0.717, 1.165) is 23.4 Å². The third-order valence-electron chi connectivity index (χ3n) is 5.71.